The average molecular weight is 234 g/mol. The summed E-state index contributed by atoms with van der Waals surface area (Å²) in [5.41, 5.74) is 1.38. The highest BCUT2D eigenvalue weighted by Crippen LogP contribution is 2.04. The number of nitrogens with zero attached hydrogens (tertiary/aromatic N) is 3. The second-order valence-electron chi connectivity index (χ2n) is 3.80. The van der Waals surface area contributed by atoms with Gasteiger partial charge in [-0.2, -0.15) is 0 Å². The van der Waals surface area contributed by atoms with Crippen LogP contribution < -0.4 is 5.56 Å². The van der Waals surface area contributed by atoms with E-state index in [1.165, 1.54) is 10.7 Å². The van der Waals surface area contributed by atoms with Crippen LogP contribution in [0.25, 0.3) is 5.82 Å². The molecule has 0 amide bonds. The topological polar surface area (TPSA) is 72.8 Å². The third-order valence-electron chi connectivity index (χ3n) is 2.25. The fourth-order valence-electron chi connectivity index (χ4n) is 1.66. The summed E-state index contributed by atoms with van der Waals surface area (Å²) in [4.78, 5) is 20.1. The molecule has 0 aliphatic carbocycles. The van der Waals surface area contributed by atoms with Gasteiger partial charge in [0.1, 0.15) is 5.82 Å². The minimum absolute atomic E-state index is 0.158. The Labute approximate surface area is 98.3 Å². The van der Waals surface area contributed by atoms with E-state index in [0.717, 1.165) is 5.69 Å². The standard InChI is InChI=1S/C11H14N4O2/c1-7-4-10(13-8(2)12-7)15-11(16)5-9(14-15)6-17-3/h4-5,14H,6H2,1-3H3. The number of hydrogen-bond acceptors (Lipinski definition) is 4. The molecule has 0 atom stereocenters. The van der Waals surface area contributed by atoms with E-state index in [9.17, 15) is 4.79 Å². The van der Waals surface area contributed by atoms with Crippen LogP contribution in [0.3, 0.4) is 0 Å². The van der Waals surface area contributed by atoms with Crippen molar-refractivity contribution < 1.29 is 4.74 Å². The number of methoxy groups -OCH3 is 1. The Kier molecular flexibility index (Phi) is 3.06. The summed E-state index contributed by atoms with van der Waals surface area (Å²) >= 11 is 0. The van der Waals surface area contributed by atoms with Gasteiger partial charge in [-0.3, -0.25) is 9.89 Å². The molecular weight excluding hydrogens is 220 g/mol. The summed E-state index contributed by atoms with van der Waals surface area (Å²) in [6, 6.07) is 3.25. The highest BCUT2D eigenvalue weighted by atomic mass is 16.5. The van der Waals surface area contributed by atoms with E-state index in [1.54, 1.807) is 20.1 Å². The van der Waals surface area contributed by atoms with Crippen molar-refractivity contribution in [1.82, 2.24) is 19.7 Å². The van der Waals surface area contributed by atoms with Crippen LogP contribution in [0, 0.1) is 13.8 Å². The second-order valence-corrected chi connectivity index (χ2v) is 3.80. The highest BCUT2D eigenvalue weighted by Gasteiger charge is 2.07. The van der Waals surface area contributed by atoms with E-state index < -0.39 is 0 Å². The molecule has 2 heterocycles. The fraction of sp³-hybridized carbons (Fsp3) is 0.364. The normalized spacial score (nSPS) is 10.8. The van der Waals surface area contributed by atoms with Crippen LogP contribution in [-0.2, 0) is 11.3 Å². The maximum Gasteiger partial charge on any atom is 0.272 e. The molecule has 2 aromatic heterocycles. The summed E-state index contributed by atoms with van der Waals surface area (Å²) < 4.78 is 6.35. The summed E-state index contributed by atoms with van der Waals surface area (Å²) in [7, 11) is 1.58. The van der Waals surface area contributed by atoms with Gasteiger partial charge in [0, 0.05) is 24.9 Å². The number of nitrogens with one attached hydrogen (secondary N) is 1. The molecule has 0 unspecified atom stereocenters. The number of aromatic amines is 1. The lowest BCUT2D eigenvalue weighted by atomic mass is 10.4. The quantitative estimate of drug-likeness (QED) is 0.849. The summed E-state index contributed by atoms with van der Waals surface area (Å²) in [5.74, 6) is 1.18. The second kappa shape index (κ2) is 4.50. The molecule has 0 fully saturated rings. The summed E-state index contributed by atoms with van der Waals surface area (Å²) in [5, 5.41) is 2.94. The summed E-state index contributed by atoms with van der Waals surface area (Å²) in [6.07, 6.45) is 0. The monoisotopic (exact) mass is 234 g/mol. The van der Waals surface area contributed by atoms with Crippen LogP contribution in [-0.4, -0.2) is 26.9 Å². The van der Waals surface area contributed by atoms with Gasteiger partial charge < -0.3 is 4.74 Å². The number of H-pyrrole nitrogens is 1. The lowest BCUT2D eigenvalue weighted by Crippen LogP contribution is -2.16. The molecule has 0 bridgehead atoms. The molecule has 17 heavy (non-hydrogen) atoms. The SMILES string of the molecule is COCc1cc(=O)n(-c2cc(C)nc(C)n2)[nH]1. The predicted octanol–water partition coefficient (Wildman–Crippen LogP) is 0.719. The summed E-state index contributed by atoms with van der Waals surface area (Å²) in [6.45, 7) is 4.02. The zero-order chi connectivity index (χ0) is 12.4. The lowest BCUT2D eigenvalue weighted by Gasteiger charge is -2.03. The van der Waals surface area contributed by atoms with E-state index >= 15 is 0 Å². The van der Waals surface area contributed by atoms with Gasteiger partial charge in [0.15, 0.2) is 5.82 Å². The van der Waals surface area contributed by atoms with Crippen molar-refractivity contribution in [2.75, 3.05) is 7.11 Å². The maximum absolute atomic E-state index is 11.8. The van der Waals surface area contributed by atoms with Crippen LogP contribution in [0.5, 0.6) is 0 Å². The molecule has 0 saturated carbocycles. The first kappa shape index (κ1) is 11.5. The molecule has 0 aromatic carbocycles. The van der Waals surface area contributed by atoms with E-state index in [0.29, 0.717) is 23.9 Å². The largest absolute Gasteiger partial charge is 0.378 e. The number of hydrogen-bond donors (Lipinski definition) is 1. The van der Waals surface area contributed by atoms with Gasteiger partial charge in [0.05, 0.1) is 12.3 Å². The lowest BCUT2D eigenvalue weighted by molar-refractivity contribution is 0.181. The maximum atomic E-state index is 11.8. The van der Waals surface area contributed by atoms with Crippen molar-refractivity contribution in [2.45, 2.75) is 20.5 Å². The van der Waals surface area contributed by atoms with Gasteiger partial charge in [-0.05, 0) is 13.8 Å². The van der Waals surface area contributed by atoms with E-state index in [1.807, 2.05) is 6.92 Å². The van der Waals surface area contributed by atoms with Gasteiger partial charge >= 0.3 is 0 Å². The highest BCUT2D eigenvalue weighted by molar-refractivity contribution is 5.24. The molecule has 0 spiro atoms. The molecule has 0 aliphatic rings. The smallest absolute Gasteiger partial charge is 0.272 e. The Morgan fingerprint density at radius 2 is 2.12 bits per heavy atom. The van der Waals surface area contributed by atoms with Crippen molar-refractivity contribution >= 4 is 0 Å². The minimum Gasteiger partial charge on any atom is -0.378 e. The zero-order valence-corrected chi connectivity index (χ0v) is 10.0. The zero-order valence-electron chi connectivity index (χ0n) is 10.0. The molecule has 0 aliphatic heterocycles. The van der Waals surface area contributed by atoms with Gasteiger partial charge in [-0.1, -0.05) is 0 Å². The first-order valence-corrected chi connectivity index (χ1v) is 5.22. The molecule has 6 nitrogen and oxygen atoms in total. The van der Waals surface area contributed by atoms with Crippen LogP contribution in [0.4, 0.5) is 0 Å². The first-order chi connectivity index (χ1) is 8.10. The Bertz CT molecular complexity index is 565. The molecule has 6 heteroatoms. The number of ether oxygens (including phenoxy) is 1. The Morgan fingerprint density at radius 1 is 1.35 bits per heavy atom. The van der Waals surface area contributed by atoms with Crippen LogP contribution >= 0.6 is 0 Å². The predicted molar refractivity (Wildman–Crippen MR) is 62.2 cm³/mol. The molecule has 0 saturated heterocycles. The van der Waals surface area contributed by atoms with Gasteiger partial charge in [-0.15, -0.1) is 0 Å². The third-order valence-corrected chi connectivity index (χ3v) is 2.25. The van der Waals surface area contributed by atoms with Crippen LogP contribution in [0.15, 0.2) is 16.9 Å². The third kappa shape index (κ3) is 2.42. The van der Waals surface area contributed by atoms with Gasteiger partial charge in [-0.25, -0.2) is 14.6 Å². The van der Waals surface area contributed by atoms with Gasteiger partial charge in [0.2, 0.25) is 0 Å². The van der Waals surface area contributed by atoms with Crippen LogP contribution in [0.1, 0.15) is 17.2 Å². The van der Waals surface area contributed by atoms with E-state index in [-0.39, 0.29) is 5.56 Å². The Balaban J connectivity index is 2.48. The first-order valence-electron chi connectivity index (χ1n) is 5.22. The fourth-order valence-corrected chi connectivity index (χ4v) is 1.66. The molecule has 2 rings (SSSR count). The molecule has 0 radical (unpaired) electrons. The Morgan fingerprint density at radius 3 is 2.76 bits per heavy atom. The van der Waals surface area contributed by atoms with E-state index in [2.05, 4.69) is 15.1 Å². The molecular formula is C11H14N4O2. The van der Waals surface area contributed by atoms with Crippen LogP contribution in [0.2, 0.25) is 0 Å². The van der Waals surface area contributed by atoms with E-state index in [4.69, 9.17) is 4.74 Å². The van der Waals surface area contributed by atoms with Crippen molar-refractivity contribution in [3.63, 3.8) is 0 Å². The number of aryl methyl sites for hydroxylation is 2. The average Bonchev–Trinajstić information content (AvgIpc) is 2.58. The van der Waals surface area contributed by atoms with Crippen molar-refractivity contribution in [3.8, 4) is 5.82 Å². The number of rotatable bonds is 3. The van der Waals surface area contributed by atoms with Crippen molar-refractivity contribution in [1.29, 1.82) is 0 Å². The molecule has 1 N–H and O–H groups in total. The van der Waals surface area contributed by atoms with Crippen molar-refractivity contribution in [3.05, 3.63) is 39.7 Å². The number of aromatic nitrogens is 4. The van der Waals surface area contributed by atoms with Gasteiger partial charge in [0.25, 0.3) is 5.56 Å². The molecule has 2 aromatic rings. The molecule has 90 valence electrons. The Hall–Kier alpha value is -1.95. The minimum atomic E-state index is -0.158. The van der Waals surface area contributed by atoms with Crippen molar-refractivity contribution in [2.24, 2.45) is 0 Å².